The minimum atomic E-state index is -2.46. The van der Waals surface area contributed by atoms with Crippen molar-refractivity contribution in [2.24, 2.45) is 0 Å². The Morgan fingerprint density at radius 3 is 0.875 bits per heavy atom. The molecule has 14 heteroatoms. The van der Waals surface area contributed by atoms with Crippen molar-refractivity contribution >= 4 is 44.4 Å². The van der Waals surface area contributed by atoms with Crippen molar-refractivity contribution in [1.82, 2.24) is 5.39 Å². The summed E-state index contributed by atoms with van der Waals surface area (Å²) in [7, 11) is -2.46. The van der Waals surface area contributed by atoms with Gasteiger partial charge in [0.1, 0.15) is 0 Å². The van der Waals surface area contributed by atoms with E-state index in [-0.39, 0.29) is 5.39 Å². The second kappa shape index (κ2) is 17.5. The highest BCUT2D eigenvalue weighted by Gasteiger charge is 2.24. The molecule has 0 aliphatic heterocycles. The third kappa shape index (κ3) is 15.6. The Hall–Kier alpha value is -4.35. The molecule has 0 unspecified atom stereocenters. The summed E-state index contributed by atoms with van der Waals surface area (Å²) in [6.07, 6.45) is 4.82. The highest BCUT2D eigenvalue weighted by atomic mass is 31.2. The molecule has 172 valence electrons. The van der Waals surface area contributed by atoms with Gasteiger partial charge in [0.25, 0.3) is 0 Å². The Morgan fingerprint density at radius 2 is 0.688 bits per heavy atom. The number of hydrogen-bond donors (Lipinski definition) is 0. The first-order valence-electron chi connectivity index (χ1n) is 7.73. The first kappa shape index (κ1) is 29.8. The van der Waals surface area contributed by atoms with E-state index >= 15 is 0 Å². The maximum atomic E-state index is 10.8. The SMILES string of the molecule is C=CC(=O)ON(OC(=O)C=C)OC(=O)C=C.C=CC(=O)OP(OC(=O)C=C)OC(=O)C=C. The molecule has 0 heterocycles. The fraction of sp³-hybridized carbons (Fsp3) is 0. The van der Waals surface area contributed by atoms with Crippen LogP contribution in [0.1, 0.15) is 0 Å². The van der Waals surface area contributed by atoms with Gasteiger partial charge in [0.05, 0.1) is 0 Å². The Labute approximate surface area is 183 Å². The molecule has 32 heavy (non-hydrogen) atoms. The number of rotatable bonds is 12. The van der Waals surface area contributed by atoms with Gasteiger partial charge >= 0.3 is 44.4 Å². The normalized spacial score (nSPS) is 8.81. The molecule has 0 saturated heterocycles. The zero-order chi connectivity index (χ0) is 25.1. The maximum absolute atomic E-state index is 10.8. The minimum Gasteiger partial charge on any atom is -0.372 e. The zero-order valence-electron chi connectivity index (χ0n) is 16.5. The van der Waals surface area contributed by atoms with E-state index in [1.807, 2.05) is 0 Å². The lowest BCUT2D eigenvalue weighted by Gasteiger charge is -2.14. The zero-order valence-corrected chi connectivity index (χ0v) is 17.4. The summed E-state index contributed by atoms with van der Waals surface area (Å²) in [6.45, 7) is 18.6. The minimum absolute atomic E-state index is 0.0714. The molecule has 0 saturated carbocycles. The third-order valence-corrected chi connectivity index (χ3v) is 2.97. The average Bonchev–Trinajstić information content (AvgIpc) is 2.78. The Kier molecular flexibility index (Phi) is 16.3. The van der Waals surface area contributed by atoms with Gasteiger partial charge in [0, 0.05) is 36.5 Å². The van der Waals surface area contributed by atoms with Gasteiger partial charge in [-0.25, -0.2) is 28.8 Å². The predicted octanol–water partition coefficient (Wildman–Crippen LogP) is 1.62. The largest absolute Gasteiger partial charge is 0.537 e. The topological polar surface area (TPSA) is 161 Å². The van der Waals surface area contributed by atoms with Crippen LogP contribution in [0.2, 0.25) is 0 Å². The van der Waals surface area contributed by atoms with Crippen LogP contribution in [0.25, 0.3) is 0 Å². The average molecular weight is 471 g/mol. The van der Waals surface area contributed by atoms with Crippen molar-refractivity contribution < 1.29 is 56.9 Å². The van der Waals surface area contributed by atoms with Crippen LogP contribution in [0.3, 0.4) is 0 Å². The maximum Gasteiger partial charge on any atom is 0.537 e. The van der Waals surface area contributed by atoms with Gasteiger partial charge in [-0.3, -0.25) is 14.5 Å². The second-order valence-electron chi connectivity index (χ2n) is 4.13. The van der Waals surface area contributed by atoms with E-state index in [4.69, 9.17) is 0 Å². The molecule has 0 rings (SSSR count). The van der Waals surface area contributed by atoms with E-state index in [2.05, 4.69) is 67.6 Å². The lowest BCUT2D eigenvalue weighted by atomic mass is 10.7. The smallest absolute Gasteiger partial charge is 0.372 e. The van der Waals surface area contributed by atoms with Crippen molar-refractivity contribution in [3.8, 4) is 0 Å². The van der Waals surface area contributed by atoms with Crippen LogP contribution >= 0.6 is 8.60 Å². The van der Waals surface area contributed by atoms with E-state index < -0.39 is 44.4 Å². The van der Waals surface area contributed by atoms with Gasteiger partial charge in [0.2, 0.25) is 5.39 Å². The predicted molar refractivity (Wildman–Crippen MR) is 106 cm³/mol. The molecule has 0 bridgehead atoms. The molecular formula is C18H18NO12P. The molecule has 0 radical (unpaired) electrons. The van der Waals surface area contributed by atoms with Crippen LogP contribution in [-0.2, 0) is 56.9 Å². The molecular weight excluding hydrogens is 453 g/mol. The van der Waals surface area contributed by atoms with Crippen molar-refractivity contribution in [3.63, 3.8) is 0 Å². The van der Waals surface area contributed by atoms with Gasteiger partial charge in [-0.1, -0.05) is 39.5 Å². The van der Waals surface area contributed by atoms with Crippen LogP contribution in [-0.4, -0.2) is 41.2 Å². The van der Waals surface area contributed by atoms with E-state index in [0.717, 1.165) is 36.5 Å². The summed E-state index contributed by atoms with van der Waals surface area (Å²) in [5.41, 5.74) is 0. The summed E-state index contributed by atoms with van der Waals surface area (Å²) in [6, 6.07) is 0. The van der Waals surface area contributed by atoms with Gasteiger partial charge in [-0.2, -0.15) is 0 Å². The molecule has 0 aliphatic rings. The molecule has 13 nitrogen and oxygen atoms in total. The fourth-order valence-corrected chi connectivity index (χ4v) is 1.55. The van der Waals surface area contributed by atoms with Crippen LogP contribution in [0, 0.1) is 0 Å². The molecule has 0 spiro atoms. The van der Waals surface area contributed by atoms with Crippen LogP contribution in [0.5, 0.6) is 0 Å². The van der Waals surface area contributed by atoms with E-state index in [0.29, 0.717) is 0 Å². The lowest BCUT2D eigenvalue weighted by molar-refractivity contribution is -0.460. The summed E-state index contributed by atoms with van der Waals surface area (Å²) in [4.78, 5) is 77.4. The summed E-state index contributed by atoms with van der Waals surface area (Å²) in [5.74, 6) is -5.64. The van der Waals surface area contributed by atoms with Crippen LogP contribution in [0.15, 0.2) is 75.9 Å². The van der Waals surface area contributed by atoms with Gasteiger partial charge in [-0.15, -0.1) is 0 Å². The fourth-order valence-electron chi connectivity index (χ4n) is 0.776. The molecule has 0 aromatic heterocycles. The molecule has 0 aliphatic carbocycles. The highest BCUT2D eigenvalue weighted by Crippen LogP contribution is 2.40. The second-order valence-corrected chi connectivity index (χ2v) is 5.13. The van der Waals surface area contributed by atoms with Crippen LogP contribution < -0.4 is 0 Å². The van der Waals surface area contributed by atoms with E-state index in [1.54, 1.807) is 0 Å². The Bertz CT molecular complexity index is 633. The molecule has 0 fully saturated rings. The lowest BCUT2D eigenvalue weighted by Crippen LogP contribution is -2.31. The standard InChI is InChI=1S/C9H9NO6.C9H9O6P/c1-4-7(11)14-10(15-8(12)5-2)16-9(13)6-3;1-4-7(10)13-16(14-8(11)5-2)15-9(12)6-3/h2*4-6H,1-3H2. The van der Waals surface area contributed by atoms with Crippen molar-refractivity contribution in [1.29, 1.82) is 0 Å². The number of nitrogens with zero attached hydrogens (tertiary/aromatic N) is 1. The summed E-state index contributed by atoms with van der Waals surface area (Å²) in [5, 5.41) is -0.0714. The number of carbonyl (C=O) groups is 6. The van der Waals surface area contributed by atoms with Gasteiger partial charge < -0.3 is 13.6 Å². The summed E-state index contributed by atoms with van der Waals surface area (Å²) >= 11 is 0. The Balaban J connectivity index is 0. The monoisotopic (exact) mass is 471 g/mol. The first-order chi connectivity index (χ1) is 15.1. The third-order valence-electron chi connectivity index (χ3n) is 1.99. The van der Waals surface area contributed by atoms with Gasteiger partial charge in [0.15, 0.2) is 0 Å². The number of carbonyl (C=O) groups excluding carboxylic acids is 6. The first-order valence-corrected chi connectivity index (χ1v) is 8.82. The van der Waals surface area contributed by atoms with Gasteiger partial charge in [-0.05, 0) is 0 Å². The molecule has 0 aromatic rings. The van der Waals surface area contributed by atoms with Crippen molar-refractivity contribution in [3.05, 3.63) is 75.9 Å². The molecule has 0 N–H and O–H groups in total. The molecule has 0 aromatic carbocycles. The quantitative estimate of drug-likeness (QED) is 0.230. The van der Waals surface area contributed by atoms with Crippen molar-refractivity contribution in [2.75, 3.05) is 0 Å². The highest BCUT2D eigenvalue weighted by molar-refractivity contribution is 7.43. The van der Waals surface area contributed by atoms with E-state index in [1.165, 1.54) is 0 Å². The number of hydrogen-bond acceptors (Lipinski definition) is 13. The molecule has 0 atom stereocenters. The Morgan fingerprint density at radius 1 is 0.469 bits per heavy atom. The van der Waals surface area contributed by atoms with E-state index in [9.17, 15) is 28.8 Å². The van der Waals surface area contributed by atoms with Crippen molar-refractivity contribution in [2.45, 2.75) is 0 Å². The van der Waals surface area contributed by atoms with Crippen LogP contribution in [0.4, 0.5) is 0 Å². The summed E-state index contributed by atoms with van der Waals surface area (Å²) < 4.78 is 13.4. The molecule has 0 amide bonds.